The van der Waals surface area contributed by atoms with Crippen molar-refractivity contribution in [2.75, 3.05) is 14.1 Å². The van der Waals surface area contributed by atoms with Crippen molar-refractivity contribution in [2.24, 2.45) is 0 Å². The van der Waals surface area contributed by atoms with Crippen molar-refractivity contribution in [3.8, 4) is 0 Å². The third kappa shape index (κ3) is 18.4. The molecule has 0 rings (SSSR count). The summed E-state index contributed by atoms with van der Waals surface area (Å²) in [7, 11) is 3.45. The van der Waals surface area contributed by atoms with E-state index in [1.165, 1.54) is 11.8 Å². The first-order valence-electron chi connectivity index (χ1n) is 4.06. The van der Waals surface area contributed by atoms with Gasteiger partial charge in [-0.2, -0.15) is 0 Å². The lowest BCUT2D eigenvalue weighted by molar-refractivity contribution is 0.262. The number of carbonyl (C=O) groups excluding carboxylic acids is 1. The molecule has 0 unspecified atom stereocenters. The second-order valence-corrected chi connectivity index (χ2v) is 5.04. The lowest BCUT2D eigenvalue weighted by atomic mass is 10.3. The zero-order valence-electron chi connectivity index (χ0n) is 9.10. The van der Waals surface area contributed by atoms with Crippen LogP contribution in [0.15, 0.2) is 12.8 Å². The van der Waals surface area contributed by atoms with Crippen LogP contribution in [0, 0.1) is 0 Å². The van der Waals surface area contributed by atoms with Crippen molar-refractivity contribution in [3.05, 3.63) is 12.8 Å². The lowest BCUT2D eigenvalue weighted by Gasteiger charge is -2.14. The molecule has 0 atom stereocenters. The molecule has 0 aliphatic rings. The van der Waals surface area contributed by atoms with Crippen molar-refractivity contribution in [2.45, 2.75) is 25.5 Å². The van der Waals surface area contributed by atoms with E-state index in [0.29, 0.717) is 0 Å². The summed E-state index contributed by atoms with van der Waals surface area (Å²) in [6.45, 7) is 9.39. The van der Waals surface area contributed by atoms with Crippen LogP contribution in [0.5, 0.6) is 0 Å². The molecule has 0 aromatic carbocycles. The van der Waals surface area contributed by atoms with Gasteiger partial charge in [0, 0.05) is 18.8 Å². The molecule has 2 N–H and O–H groups in total. The van der Waals surface area contributed by atoms with E-state index < -0.39 is 0 Å². The minimum atomic E-state index is 0.0279. The molecule has 0 aliphatic heterocycles. The number of rotatable bonds is 1. The number of hydrogen-bond acceptors (Lipinski definition) is 3. The zero-order chi connectivity index (χ0) is 10.9. The summed E-state index contributed by atoms with van der Waals surface area (Å²) in [6.07, 6.45) is 1.62. The highest BCUT2D eigenvalue weighted by Crippen LogP contribution is 2.22. The Hall–Kier alpha value is -0.640. The molecule has 0 aromatic heterocycles. The SMILES string of the molecule is C=CNC.CNC(=O)SC(C)(C)C. The second-order valence-electron chi connectivity index (χ2n) is 3.24. The fourth-order valence-corrected chi connectivity index (χ4v) is 0.987. The van der Waals surface area contributed by atoms with E-state index in [4.69, 9.17) is 0 Å². The van der Waals surface area contributed by atoms with Gasteiger partial charge in [0.05, 0.1) is 0 Å². The summed E-state index contributed by atoms with van der Waals surface area (Å²) in [6, 6.07) is 0. The van der Waals surface area contributed by atoms with Gasteiger partial charge in [-0.25, -0.2) is 0 Å². The Labute approximate surface area is 85.4 Å². The van der Waals surface area contributed by atoms with Crippen molar-refractivity contribution in [1.82, 2.24) is 10.6 Å². The third-order valence-corrected chi connectivity index (χ3v) is 1.81. The molecular weight excluding hydrogens is 184 g/mol. The minimum absolute atomic E-state index is 0.0279. The second kappa shape index (κ2) is 7.98. The average Bonchev–Trinajstić information content (AvgIpc) is 2.02. The zero-order valence-corrected chi connectivity index (χ0v) is 9.92. The highest BCUT2D eigenvalue weighted by molar-refractivity contribution is 8.14. The monoisotopic (exact) mass is 204 g/mol. The molecule has 0 spiro atoms. The van der Waals surface area contributed by atoms with E-state index in [2.05, 4.69) is 17.2 Å². The molecular formula is C9H20N2OS. The van der Waals surface area contributed by atoms with Crippen LogP contribution >= 0.6 is 11.8 Å². The van der Waals surface area contributed by atoms with Gasteiger partial charge in [-0.3, -0.25) is 4.79 Å². The molecule has 0 aliphatic carbocycles. The van der Waals surface area contributed by atoms with Gasteiger partial charge in [0.25, 0.3) is 5.24 Å². The molecule has 0 aromatic rings. The van der Waals surface area contributed by atoms with E-state index in [-0.39, 0.29) is 9.99 Å². The number of thioether (sulfide) groups is 1. The smallest absolute Gasteiger partial charge is 0.279 e. The third-order valence-electron chi connectivity index (χ3n) is 0.807. The summed E-state index contributed by atoms with van der Waals surface area (Å²) >= 11 is 1.31. The fourth-order valence-electron chi connectivity index (χ4n) is 0.329. The van der Waals surface area contributed by atoms with Crippen LogP contribution in [-0.2, 0) is 0 Å². The van der Waals surface area contributed by atoms with E-state index in [0.717, 1.165) is 0 Å². The first-order valence-corrected chi connectivity index (χ1v) is 4.88. The molecule has 0 heterocycles. The van der Waals surface area contributed by atoms with Gasteiger partial charge >= 0.3 is 0 Å². The first kappa shape index (κ1) is 14.9. The Kier molecular flexibility index (Phi) is 9.12. The summed E-state index contributed by atoms with van der Waals surface area (Å²) < 4.78 is 0.0279. The minimum Gasteiger partial charge on any atom is -0.394 e. The molecule has 4 heteroatoms. The van der Waals surface area contributed by atoms with Gasteiger partial charge in [-0.05, 0) is 6.20 Å². The molecule has 78 valence electrons. The van der Waals surface area contributed by atoms with Crippen molar-refractivity contribution < 1.29 is 4.79 Å². The Bertz CT molecular complexity index is 152. The van der Waals surface area contributed by atoms with Crippen LogP contribution in [0.2, 0.25) is 0 Å². The molecule has 13 heavy (non-hydrogen) atoms. The maximum atomic E-state index is 10.7. The normalized spacial score (nSPS) is 9.31. The lowest BCUT2D eigenvalue weighted by Crippen LogP contribution is -2.19. The quantitative estimate of drug-likeness (QED) is 0.688. The predicted molar refractivity (Wildman–Crippen MR) is 61.1 cm³/mol. The van der Waals surface area contributed by atoms with Crippen molar-refractivity contribution in [1.29, 1.82) is 0 Å². The number of amides is 1. The van der Waals surface area contributed by atoms with Crippen LogP contribution < -0.4 is 10.6 Å². The summed E-state index contributed by atoms with van der Waals surface area (Å²) in [5.74, 6) is 0. The predicted octanol–water partition coefficient (Wildman–Crippen LogP) is 2.21. The van der Waals surface area contributed by atoms with Gasteiger partial charge in [0.1, 0.15) is 0 Å². The number of hydrogen-bond donors (Lipinski definition) is 2. The molecule has 3 nitrogen and oxygen atoms in total. The molecule has 0 saturated carbocycles. The van der Waals surface area contributed by atoms with Gasteiger partial charge in [0.2, 0.25) is 0 Å². The average molecular weight is 204 g/mol. The van der Waals surface area contributed by atoms with Crippen LogP contribution in [0.3, 0.4) is 0 Å². The molecule has 0 radical (unpaired) electrons. The van der Waals surface area contributed by atoms with Crippen LogP contribution in [0.25, 0.3) is 0 Å². The topological polar surface area (TPSA) is 41.1 Å². The van der Waals surface area contributed by atoms with Gasteiger partial charge in [-0.1, -0.05) is 39.1 Å². The molecule has 0 fully saturated rings. The Morgan fingerprint density at radius 3 is 1.85 bits per heavy atom. The van der Waals surface area contributed by atoms with Crippen LogP contribution in [0.4, 0.5) is 4.79 Å². The highest BCUT2D eigenvalue weighted by Gasteiger charge is 2.14. The maximum absolute atomic E-state index is 10.7. The largest absolute Gasteiger partial charge is 0.394 e. The van der Waals surface area contributed by atoms with Crippen LogP contribution in [0.1, 0.15) is 20.8 Å². The van der Waals surface area contributed by atoms with Crippen LogP contribution in [-0.4, -0.2) is 24.1 Å². The molecule has 0 saturated heterocycles. The Morgan fingerprint density at radius 1 is 1.38 bits per heavy atom. The van der Waals surface area contributed by atoms with Gasteiger partial charge in [-0.15, -0.1) is 0 Å². The highest BCUT2D eigenvalue weighted by atomic mass is 32.2. The van der Waals surface area contributed by atoms with E-state index in [1.807, 2.05) is 27.8 Å². The molecule has 1 amide bonds. The molecule has 0 bridgehead atoms. The first-order chi connectivity index (χ1) is 5.87. The Morgan fingerprint density at radius 2 is 1.77 bits per heavy atom. The van der Waals surface area contributed by atoms with Gasteiger partial charge < -0.3 is 10.6 Å². The maximum Gasteiger partial charge on any atom is 0.279 e. The number of nitrogens with one attached hydrogen (secondary N) is 2. The van der Waals surface area contributed by atoms with Gasteiger partial charge in [0.15, 0.2) is 0 Å². The number of carbonyl (C=O) groups is 1. The Balaban J connectivity index is 0. The standard InChI is InChI=1S/C6H13NOS.C3H7N/c1-6(2,3)9-5(8)7-4;1-3-4-2/h1-4H3,(H,7,8);3-4H,1H2,2H3. The van der Waals surface area contributed by atoms with E-state index >= 15 is 0 Å². The summed E-state index contributed by atoms with van der Waals surface area (Å²) in [5.41, 5.74) is 0. The van der Waals surface area contributed by atoms with E-state index in [1.54, 1.807) is 13.2 Å². The van der Waals surface area contributed by atoms with Crippen molar-refractivity contribution in [3.63, 3.8) is 0 Å². The fraction of sp³-hybridized carbons (Fsp3) is 0.667. The van der Waals surface area contributed by atoms with Crippen molar-refractivity contribution >= 4 is 17.0 Å². The summed E-state index contributed by atoms with van der Waals surface area (Å²) in [4.78, 5) is 10.7. The van der Waals surface area contributed by atoms with E-state index in [9.17, 15) is 4.79 Å². The summed E-state index contributed by atoms with van der Waals surface area (Å²) in [5, 5.41) is 5.27.